The van der Waals surface area contributed by atoms with Crippen LogP contribution < -0.4 is 15.4 Å². The van der Waals surface area contributed by atoms with Gasteiger partial charge in [0.1, 0.15) is 22.3 Å². The number of aromatic nitrogens is 3. The maximum absolute atomic E-state index is 12.9. The molecule has 0 spiro atoms. The third-order valence-electron chi connectivity index (χ3n) is 5.10. The summed E-state index contributed by atoms with van der Waals surface area (Å²) in [6, 6.07) is 3.19. The monoisotopic (exact) mass is 485 g/mol. The van der Waals surface area contributed by atoms with E-state index in [1.54, 1.807) is 24.9 Å². The van der Waals surface area contributed by atoms with E-state index < -0.39 is 11.6 Å². The van der Waals surface area contributed by atoms with Crippen molar-refractivity contribution in [2.24, 2.45) is 0 Å². The van der Waals surface area contributed by atoms with Gasteiger partial charge in [-0.1, -0.05) is 17.4 Å². The van der Waals surface area contributed by atoms with Crippen LogP contribution in [0.15, 0.2) is 24.5 Å². The molecular formula is C24H31N5O4S. The van der Waals surface area contributed by atoms with Crippen LogP contribution in [0.25, 0.3) is 0 Å². The SMILES string of the molecule is COc1ccc(C)c(NC(=O)c2cnc(Nc3nn(C(C)C(=O)OC(C)(C)C)cc3C)s2)c1C. The molecule has 1 amide bonds. The summed E-state index contributed by atoms with van der Waals surface area (Å²) < 4.78 is 12.4. The summed E-state index contributed by atoms with van der Waals surface area (Å²) in [5.74, 6) is 0.638. The van der Waals surface area contributed by atoms with Crippen molar-refractivity contribution in [3.63, 3.8) is 0 Å². The second-order valence-electron chi connectivity index (χ2n) is 9.04. The fraction of sp³-hybridized carbons (Fsp3) is 0.417. The summed E-state index contributed by atoms with van der Waals surface area (Å²) in [7, 11) is 1.60. The first-order valence-electron chi connectivity index (χ1n) is 10.9. The topological polar surface area (TPSA) is 107 Å². The number of hydrogen-bond donors (Lipinski definition) is 2. The molecule has 2 N–H and O–H groups in total. The molecule has 10 heteroatoms. The van der Waals surface area contributed by atoms with Gasteiger partial charge in [0.05, 0.1) is 19.0 Å². The smallest absolute Gasteiger partial charge is 0.331 e. The Morgan fingerprint density at radius 3 is 2.50 bits per heavy atom. The van der Waals surface area contributed by atoms with Crippen molar-refractivity contribution < 1.29 is 19.1 Å². The van der Waals surface area contributed by atoms with E-state index in [4.69, 9.17) is 9.47 Å². The van der Waals surface area contributed by atoms with Gasteiger partial charge in [0, 0.05) is 17.3 Å². The van der Waals surface area contributed by atoms with Gasteiger partial charge in [-0.2, -0.15) is 5.10 Å². The number of thiazole rings is 1. The first kappa shape index (κ1) is 25.2. The molecule has 3 rings (SSSR count). The van der Waals surface area contributed by atoms with E-state index in [2.05, 4.69) is 20.7 Å². The molecule has 1 unspecified atom stereocenters. The number of methoxy groups -OCH3 is 1. The van der Waals surface area contributed by atoms with Crippen LogP contribution in [-0.4, -0.2) is 39.4 Å². The summed E-state index contributed by atoms with van der Waals surface area (Å²) in [6.07, 6.45) is 3.29. The van der Waals surface area contributed by atoms with E-state index in [1.165, 1.54) is 17.5 Å². The first-order chi connectivity index (χ1) is 15.9. The summed E-state index contributed by atoms with van der Waals surface area (Å²) in [5.41, 5.74) is 2.78. The fourth-order valence-electron chi connectivity index (χ4n) is 3.25. The van der Waals surface area contributed by atoms with E-state index in [1.807, 2.05) is 53.7 Å². The molecule has 0 bridgehead atoms. The second kappa shape index (κ2) is 9.84. The van der Waals surface area contributed by atoms with Gasteiger partial charge in [-0.05, 0) is 60.1 Å². The number of carbonyl (C=O) groups excluding carboxylic acids is 2. The zero-order valence-corrected chi connectivity index (χ0v) is 21.6. The molecule has 182 valence electrons. The molecule has 3 aromatic rings. The van der Waals surface area contributed by atoms with Gasteiger partial charge >= 0.3 is 5.97 Å². The number of esters is 1. The zero-order valence-electron chi connectivity index (χ0n) is 20.8. The zero-order chi connectivity index (χ0) is 25.2. The Hall–Kier alpha value is -3.40. The second-order valence-corrected chi connectivity index (χ2v) is 10.1. The molecule has 2 heterocycles. The van der Waals surface area contributed by atoms with E-state index in [-0.39, 0.29) is 11.9 Å². The number of amides is 1. The van der Waals surface area contributed by atoms with Gasteiger partial charge in [0.2, 0.25) is 0 Å². The summed E-state index contributed by atoms with van der Waals surface area (Å²) in [5, 5.41) is 11.1. The van der Waals surface area contributed by atoms with Crippen LogP contribution in [0.3, 0.4) is 0 Å². The van der Waals surface area contributed by atoms with E-state index in [9.17, 15) is 9.59 Å². The molecule has 0 saturated carbocycles. The Kier molecular flexibility index (Phi) is 7.30. The predicted molar refractivity (Wildman–Crippen MR) is 133 cm³/mol. The van der Waals surface area contributed by atoms with Crippen LogP contribution in [0.5, 0.6) is 5.75 Å². The fourth-order valence-corrected chi connectivity index (χ4v) is 3.97. The molecule has 0 aliphatic rings. The largest absolute Gasteiger partial charge is 0.496 e. The highest BCUT2D eigenvalue weighted by Gasteiger charge is 2.24. The number of carbonyl (C=O) groups is 2. The van der Waals surface area contributed by atoms with Crippen LogP contribution in [0.2, 0.25) is 0 Å². The highest BCUT2D eigenvalue weighted by molar-refractivity contribution is 7.17. The van der Waals surface area contributed by atoms with Crippen molar-refractivity contribution in [3.8, 4) is 5.75 Å². The molecular weight excluding hydrogens is 454 g/mol. The minimum Gasteiger partial charge on any atom is -0.496 e. The molecule has 0 saturated heterocycles. The molecule has 1 atom stereocenters. The molecule has 9 nitrogen and oxygen atoms in total. The van der Waals surface area contributed by atoms with E-state index in [0.29, 0.717) is 21.6 Å². The Labute approximate surface area is 203 Å². The number of benzene rings is 1. The number of anilines is 3. The summed E-state index contributed by atoms with van der Waals surface area (Å²) in [4.78, 5) is 30.0. The van der Waals surface area contributed by atoms with Gasteiger partial charge in [-0.3, -0.25) is 9.48 Å². The highest BCUT2D eigenvalue weighted by atomic mass is 32.1. The third kappa shape index (κ3) is 5.74. The lowest BCUT2D eigenvalue weighted by Gasteiger charge is -2.22. The summed E-state index contributed by atoms with van der Waals surface area (Å²) in [6.45, 7) is 12.9. The maximum atomic E-state index is 12.9. The molecule has 0 fully saturated rings. The first-order valence-corrected chi connectivity index (χ1v) is 11.7. The maximum Gasteiger partial charge on any atom is 0.331 e. The number of nitrogens with one attached hydrogen (secondary N) is 2. The van der Waals surface area contributed by atoms with Gasteiger partial charge in [0.15, 0.2) is 10.9 Å². The van der Waals surface area contributed by atoms with Crippen LogP contribution in [0, 0.1) is 20.8 Å². The standard InChI is InChI=1S/C24H31N5O4S/c1-13-9-10-17(32-8)15(3)19(13)26-21(30)18-11-25-23(34-18)27-20-14(2)12-29(28-20)16(4)22(31)33-24(5,6)7/h9-12,16H,1-8H3,(H,26,30)(H,25,27,28). The van der Waals surface area contributed by atoms with Crippen molar-refractivity contribution in [3.05, 3.63) is 46.1 Å². The van der Waals surface area contributed by atoms with Crippen molar-refractivity contribution in [1.82, 2.24) is 14.8 Å². The average molecular weight is 486 g/mol. The minimum atomic E-state index is -0.583. The normalized spacial score (nSPS) is 12.2. The molecule has 0 radical (unpaired) electrons. The van der Waals surface area contributed by atoms with Gasteiger partial charge in [-0.15, -0.1) is 0 Å². The number of nitrogens with zero attached hydrogens (tertiary/aromatic N) is 3. The van der Waals surface area contributed by atoms with Gasteiger partial charge in [-0.25, -0.2) is 9.78 Å². The number of ether oxygens (including phenoxy) is 2. The lowest BCUT2D eigenvalue weighted by Crippen LogP contribution is -2.29. The van der Waals surface area contributed by atoms with Crippen LogP contribution in [0.4, 0.5) is 16.6 Å². The predicted octanol–water partition coefficient (Wildman–Crippen LogP) is 5.17. The lowest BCUT2D eigenvalue weighted by molar-refractivity contribution is -0.158. The van der Waals surface area contributed by atoms with Crippen molar-refractivity contribution in [1.29, 1.82) is 0 Å². The Balaban J connectivity index is 1.72. The Bertz CT molecular complexity index is 1210. The van der Waals surface area contributed by atoms with Crippen molar-refractivity contribution in [2.45, 2.75) is 60.1 Å². The van der Waals surface area contributed by atoms with Gasteiger partial charge < -0.3 is 20.1 Å². The molecule has 34 heavy (non-hydrogen) atoms. The molecule has 0 aliphatic heterocycles. The van der Waals surface area contributed by atoms with Gasteiger partial charge in [0.25, 0.3) is 5.91 Å². The van der Waals surface area contributed by atoms with E-state index in [0.717, 1.165) is 22.4 Å². The quantitative estimate of drug-likeness (QED) is 0.444. The van der Waals surface area contributed by atoms with E-state index >= 15 is 0 Å². The molecule has 0 aliphatic carbocycles. The van der Waals surface area contributed by atoms with Crippen LogP contribution in [0.1, 0.15) is 60.1 Å². The molecule has 2 aromatic heterocycles. The number of hydrogen-bond acceptors (Lipinski definition) is 8. The van der Waals surface area contributed by atoms with Crippen molar-refractivity contribution >= 4 is 39.9 Å². The van der Waals surface area contributed by atoms with Crippen LogP contribution in [-0.2, 0) is 9.53 Å². The summed E-state index contributed by atoms with van der Waals surface area (Å²) >= 11 is 1.21. The number of aryl methyl sites for hydroxylation is 2. The number of rotatable bonds is 7. The van der Waals surface area contributed by atoms with Crippen LogP contribution >= 0.6 is 11.3 Å². The third-order valence-corrected chi connectivity index (χ3v) is 6.01. The minimum absolute atomic E-state index is 0.259. The molecule has 1 aromatic carbocycles. The van der Waals surface area contributed by atoms with Crippen molar-refractivity contribution in [2.75, 3.05) is 17.7 Å². The Morgan fingerprint density at radius 1 is 1.15 bits per heavy atom. The lowest BCUT2D eigenvalue weighted by atomic mass is 10.1. The average Bonchev–Trinajstić information content (AvgIpc) is 3.36. The highest BCUT2D eigenvalue weighted by Crippen LogP contribution is 2.30. The Morgan fingerprint density at radius 2 is 1.85 bits per heavy atom.